The maximum absolute atomic E-state index is 5.71. The molecular formula is C14H22N2OS. The van der Waals surface area contributed by atoms with E-state index in [-0.39, 0.29) is 0 Å². The zero-order chi connectivity index (χ0) is 12.8. The zero-order valence-electron chi connectivity index (χ0n) is 11.0. The van der Waals surface area contributed by atoms with Crippen molar-refractivity contribution in [3.05, 3.63) is 29.3 Å². The summed E-state index contributed by atoms with van der Waals surface area (Å²) in [5.41, 5.74) is 8.14. The van der Waals surface area contributed by atoms with E-state index in [1.54, 1.807) is 7.11 Å². The Morgan fingerprint density at radius 3 is 3.00 bits per heavy atom. The van der Waals surface area contributed by atoms with Crippen LogP contribution in [-0.2, 0) is 13.1 Å². The molecule has 0 radical (unpaired) electrons. The van der Waals surface area contributed by atoms with E-state index in [1.807, 2.05) is 12.1 Å². The number of ether oxygens (including phenoxy) is 1. The van der Waals surface area contributed by atoms with Gasteiger partial charge in [-0.05, 0) is 36.4 Å². The summed E-state index contributed by atoms with van der Waals surface area (Å²) >= 11 is 2.05. The molecule has 0 aliphatic carbocycles. The molecule has 18 heavy (non-hydrogen) atoms. The maximum Gasteiger partial charge on any atom is 0.123 e. The highest BCUT2D eigenvalue weighted by Crippen LogP contribution is 2.22. The Balaban J connectivity index is 2.10. The van der Waals surface area contributed by atoms with Gasteiger partial charge in [0.1, 0.15) is 5.75 Å². The van der Waals surface area contributed by atoms with Gasteiger partial charge in [0.15, 0.2) is 0 Å². The van der Waals surface area contributed by atoms with Crippen LogP contribution in [0.5, 0.6) is 5.75 Å². The molecule has 1 saturated heterocycles. The first-order chi connectivity index (χ1) is 8.83. The first-order valence-electron chi connectivity index (χ1n) is 6.49. The Morgan fingerprint density at radius 2 is 2.22 bits per heavy atom. The van der Waals surface area contributed by atoms with Gasteiger partial charge in [0.25, 0.3) is 0 Å². The van der Waals surface area contributed by atoms with Gasteiger partial charge in [-0.3, -0.25) is 4.90 Å². The first-order valence-corrected chi connectivity index (χ1v) is 7.65. The van der Waals surface area contributed by atoms with Crippen LogP contribution in [0.15, 0.2) is 18.2 Å². The molecule has 0 amide bonds. The van der Waals surface area contributed by atoms with Crippen molar-refractivity contribution >= 4 is 11.8 Å². The number of methoxy groups -OCH3 is 1. The number of nitrogens with zero attached hydrogens (tertiary/aromatic N) is 1. The van der Waals surface area contributed by atoms with E-state index in [9.17, 15) is 0 Å². The summed E-state index contributed by atoms with van der Waals surface area (Å²) < 4.78 is 5.44. The molecule has 0 saturated carbocycles. The second-order valence-electron chi connectivity index (χ2n) is 4.59. The fourth-order valence-corrected chi connectivity index (χ4v) is 3.20. The number of nitrogens with two attached hydrogens (primary N) is 1. The highest BCUT2D eigenvalue weighted by Gasteiger charge is 2.12. The van der Waals surface area contributed by atoms with Gasteiger partial charge in [-0.2, -0.15) is 11.8 Å². The third kappa shape index (κ3) is 3.64. The van der Waals surface area contributed by atoms with Crippen molar-refractivity contribution in [2.24, 2.45) is 5.73 Å². The van der Waals surface area contributed by atoms with Gasteiger partial charge < -0.3 is 10.5 Å². The van der Waals surface area contributed by atoms with Crippen LogP contribution < -0.4 is 10.5 Å². The van der Waals surface area contributed by atoms with Crippen molar-refractivity contribution in [1.82, 2.24) is 4.90 Å². The second-order valence-corrected chi connectivity index (χ2v) is 5.82. The van der Waals surface area contributed by atoms with Crippen molar-refractivity contribution in [1.29, 1.82) is 0 Å². The van der Waals surface area contributed by atoms with E-state index >= 15 is 0 Å². The zero-order valence-corrected chi connectivity index (χ0v) is 11.8. The molecule has 1 aliphatic rings. The van der Waals surface area contributed by atoms with Gasteiger partial charge in [0.2, 0.25) is 0 Å². The molecule has 1 fully saturated rings. The van der Waals surface area contributed by atoms with Crippen molar-refractivity contribution in [3.63, 3.8) is 0 Å². The van der Waals surface area contributed by atoms with Gasteiger partial charge in [-0.1, -0.05) is 6.07 Å². The molecule has 1 heterocycles. The van der Waals surface area contributed by atoms with Crippen LogP contribution in [0.25, 0.3) is 0 Å². The standard InChI is InChI=1S/C14H22N2OS/c1-17-14-4-3-12(10-15)9-13(14)11-16-5-2-7-18-8-6-16/h3-4,9H,2,5-8,10-11,15H2,1H3. The van der Waals surface area contributed by atoms with Gasteiger partial charge in [-0.15, -0.1) is 0 Å². The lowest BCUT2D eigenvalue weighted by molar-refractivity contribution is 0.281. The lowest BCUT2D eigenvalue weighted by atomic mass is 10.1. The minimum absolute atomic E-state index is 0.590. The van der Waals surface area contributed by atoms with Crippen molar-refractivity contribution in [3.8, 4) is 5.75 Å². The summed E-state index contributed by atoms with van der Waals surface area (Å²) in [5.74, 6) is 3.50. The smallest absolute Gasteiger partial charge is 0.123 e. The summed E-state index contributed by atoms with van der Waals surface area (Å²) in [4.78, 5) is 2.51. The Labute approximate surface area is 114 Å². The second kappa shape index (κ2) is 7.02. The van der Waals surface area contributed by atoms with Gasteiger partial charge in [0, 0.05) is 31.0 Å². The minimum atomic E-state index is 0.590. The predicted octanol–water partition coefficient (Wildman–Crippen LogP) is 2.09. The molecule has 4 heteroatoms. The summed E-state index contributed by atoms with van der Waals surface area (Å²) in [6.07, 6.45) is 1.28. The summed E-state index contributed by atoms with van der Waals surface area (Å²) in [6, 6.07) is 6.25. The minimum Gasteiger partial charge on any atom is -0.496 e. The maximum atomic E-state index is 5.71. The monoisotopic (exact) mass is 266 g/mol. The van der Waals surface area contributed by atoms with Crippen LogP contribution in [0.1, 0.15) is 17.5 Å². The molecule has 1 aliphatic heterocycles. The molecule has 2 N–H and O–H groups in total. The number of hydrogen-bond acceptors (Lipinski definition) is 4. The van der Waals surface area contributed by atoms with Crippen LogP contribution >= 0.6 is 11.8 Å². The lowest BCUT2D eigenvalue weighted by Crippen LogP contribution is -2.25. The molecular weight excluding hydrogens is 244 g/mol. The third-order valence-electron chi connectivity index (χ3n) is 3.29. The summed E-state index contributed by atoms with van der Waals surface area (Å²) in [6.45, 7) is 3.91. The molecule has 0 unspecified atom stereocenters. The molecule has 1 aromatic rings. The van der Waals surface area contributed by atoms with Gasteiger partial charge >= 0.3 is 0 Å². The van der Waals surface area contributed by atoms with E-state index in [1.165, 1.54) is 42.1 Å². The topological polar surface area (TPSA) is 38.5 Å². The number of rotatable bonds is 4. The Hall–Kier alpha value is -0.710. The van der Waals surface area contributed by atoms with Crippen LogP contribution in [0, 0.1) is 0 Å². The number of thioether (sulfide) groups is 1. The van der Waals surface area contributed by atoms with Gasteiger partial charge in [-0.25, -0.2) is 0 Å². The van der Waals surface area contributed by atoms with Crippen molar-refractivity contribution in [2.45, 2.75) is 19.5 Å². The average Bonchev–Trinajstić information content (AvgIpc) is 2.67. The largest absolute Gasteiger partial charge is 0.496 e. The van der Waals surface area contributed by atoms with Crippen LogP contribution in [0.2, 0.25) is 0 Å². The fraction of sp³-hybridized carbons (Fsp3) is 0.571. The fourth-order valence-electron chi connectivity index (χ4n) is 2.28. The SMILES string of the molecule is COc1ccc(CN)cc1CN1CCCSCC1. The van der Waals surface area contributed by atoms with Crippen molar-refractivity contribution in [2.75, 3.05) is 31.7 Å². The molecule has 100 valence electrons. The molecule has 3 nitrogen and oxygen atoms in total. The average molecular weight is 266 g/mol. The van der Waals surface area contributed by atoms with E-state index in [0.29, 0.717) is 6.54 Å². The Bertz CT molecular complexity index is 376. The lowest BCUT2D eigenvalue weighted by Gasteiger charge is -2.21. The quantitative estimate of drug-likeness (QED) is 0.906. The third-order valence-corrected chi connectivity index (χ3v) is 4.34. The Morgan fingerprint density at radius 1 is 1.33 bits per heavy atom. The molecule has 0 atom stereocenters. The van der Waals surface area contributed by atoms with Gasteiger partial charge in [0.05, 0.1) is 7.11 Å². The molecule has 2 rings (SSSR count). The number of hydrogen-bond donors (Lipinski definition) is 1. The predicted molar refractivity (Wildman–Crippen MR) is 78.1 cm³/mol. The van der Waals surface area contributed by atoms with Crippen molar-refractivity contribution < 1.29 is 4.74 Å². The Kier molecular flexibility index (Phi) is 5.35. The summed E-state index contributed by atoms with van der Waals surface area (Å²) in [5, 5.41) is 0. The molecule has 1 aromatic carbocycles. The van der Waals surface area contributed by atoms with E-state index in [0.717, 1.165) is 12.3 Å². The molecule has 0 spiro atoms. The van der Waals surface area contributed by atoms with E-state index < -0.39 is 0 Å². The first kappa shape index (κ1) is 13.7. The number of benzene rings is 1. The normalized spacial score (nSPS) is 17.4. The molecule has 0 bridgehead atoms. The summed E-state index contributed by atoms with van der Waals surface area (Å²) in [7, 11) is 1.74. The van der Waals surface area contributed by atoms with Crippen LogP contribution in [-0.4, -0.2) is 36.6 Å². The molecule has 0 aromatic heterocycles. The highest BCUT2D eigenvalue weighted by molar-refractivity contribution is 7.99. The van der Waals surface area contributed by atoms with E-state index in [4.69, 9.17) is 10.5 Å². The van der Waals surface area contributed by atoms with Crippen LogP contribution in [0.4, 0.5) is 0 Å². The van der Waals surface area contributed by atoms with E-state index in [2.05, 4.69) is 22.7 Å². The highest BCUT2D eigenvalue weighted by atomic mass is 32.2. The van der Waals surface area contributed by atoms with Crippen LogP contribution in [0.3, 0.4) is 0 Å².